The van der Waals surface area contributed by atoms with E-state index in [1.807, 2.05) is 88.3 Å². The number of piperidine rings is 1. The lowest BCUT2D eigenvalue weighted by Crippen LogP contribution is -2.45. The fraction of sp³-hybridized carbons (Fsp3) is 0.200. The molecule has 0 saturated carbocycles. The molecule has 1 aliphatic heterocycles. The molecular weight excluding hydrogens is 462 g/mol. The quantitative estimate of drug-likeness (QED) is 0.387. The molecule has 3 aromatic carbocycles. The predicted octanol–water partition coefficient (Wildman–Crippen LogP) is 4.74. The van der Waals surface area contributed by atoms with Crippen molar-refractivity contribution in [3.63, 3.8) is 0 Å². The molecule has 2 amide bonds. The molecule has 0 bridgehead atoms. The molecule has 37 heavy (non-hydrogen) atoms. The minimum atomic E-state index is -0.225. The van der Waals surface area contributed by atoms with Crippen molar-refractivity contribution in [2.45, 2.75) is 19.4 Å². The lowest BCUT2D eigenvalue weighted by Gasteiger charge is -2.32. The van der Waals surface area contributed by atoms with Crippen LogP contribution in [0.15, 0.2) is 91.4 Å². The second-order valence-corrected chi connectivity index (χ2v) is 9.46. The first-order valence-corrected chi connectivity index (χ1v) is 12.6. The number of rotatable bonds is 5. The molecule has 7 nitrogen and oxygen atoms in total. The third kappa shape index (κ3) is 4.56. The van der Waals surface area contributed by atoms with Crippen LogP contribution >= 0.6 is 0 Å². The van der Waals surface area contributed by atoms with Crippen LogP contribution < -0.4 is 5.32 Å². The topological polar surface area (TPSA) is 80.1 Å². The Balaban J connectivity index is 1.09. The van der Waals surface area contributed by atoms with E-state index in [9.17, 15) is 9.59 Å². The predicted molar refractivity (Wildman–Crippen MR) is 143 cm³/mol. The molecule has 1 saturated heterocycles. The third-order valence-electron chi connectivity index (χ3n) is 7.08. The number of para-hydroxylation sites is 2. The average Bonchev–Trinajstić information content (AvgIpc) is 3.40. The van der Waals surface area contributed by atoms with Gasteiger partial charge in [-0.3, -0.25) is 14.2 Å². The number of nitrogens with one attached hydrogen (secondary N) is 1. The summed E-state index contributed by atoms with van der Waals surface area (Å²) < 4.78 is 1.95. The van der Waals surface area contributed by atoms with Crippen LogP contribution in [0.25, 0.3) is 27.6 Å². The second kappa shape index (κ2) is 9.85. The van der Waals surface area contributed by atoms with Crippen LogP contribution in [0.2, 0.25) is 0 Å². The Morgan fingerprint density at radius 2 is 1.76 bits per heavy atom. The number of amides is 2. The van der Waals surface area contributed by atoms with Crippen LogP contribution in [0.5, 0.6) is 0 Å². The number of aromatic nitrogens is 3. The van der Waals surface area contributed by atoms with Crippen LogP contribution in [0.1, 0.15) is 28.8 Å². The number of benzene rings is 3. The standard InChI is InChI=1S/C30H27N5O2/c36-29(32-18-21-14-15-28(31-17-21)35-20-33-26-12-3-4-13-27(26)35)23-9-6-16-34(19-23)30(37)25-11-5-8-22-7-1-2-10-24(22)25/h1-5,7-8,10-15,17,20,23H,6,9,16,18-19H2,(H,32,36). The largest absolute Gasteiger partial charge is 0.352 e. The van der Waals surface area contributed by atoms with Gasteiger partial charge in [0.1, 0.15) is 12.1 Å². The van der Waals surface area contributed by atoms with E-state index in [1.165, 1.54) is 0 Å². The van der Waals surface area contributed by atoms with E-state index in [0.717, 1.165) is 46.0 Å². The first kappa shape index (κ1) is 22.9. The Hall–Kier alpha value is -4.52. The van der Waals surface area contributed by atoms with E-state index >= 15 is 0 Å². The molecule has 1 aliphatic rings. The van der Waals surface area contributed by atoms with Crippen LogP contribution in [0.3, 0.4) is 0 Å². The Morgan fingerprint density at radius 1 is 0.919 bits per heavy atom. The molecule has 3 heterocycles. The molecule has 1 fully saturated rings. The fourth-order valence-electron chi connectivity index (χ4n) is 5.10. The average molecular weight is 490 g/mol. The maximum Gasteiger partial charge on any atom is 0.254 e. The molecule has 5 aromatic rings. The Bertz CT molecular complexity index is 1590. The van der Waals surface area contributed by atoms with Crippen LogP contribution in [0.4, 0.5) is 0 Å². The molecule has 2 aromatic heterocycles. The molecule has 6 rings (SSSR count). The lowest BCUT2D eigenvalue weighted by molar-refractivity contribution is -0.126. The summed E-state index contributed by atoms with van der Waals surface area (Å²) in [5, 5.41) is 5.03. The highest BCUT2D eigenvalue weighted by molar-refractivity contribution is 6.07. The number of carbonyl (C=O) groups is 2. The number of hydrogen-bond donors (Lipinski definition) is 1. The van der Waals surface area contributed by atoms with Gasteiger partial charge in [-0.15, -0.1) is 0 Å². The van der Waals surface area contributed by atoms with Crippen LogP contribution in [0, 0.1) is 5.92 Å². The van der Waals surface area contributed by atoms with Crippen molar-refractivity contribution in [1.82, 2.24) is 24.8 Å². The van der Waals surface area contributed by atoms with E-state index in [4.69, 9.17) is 0 Å². The first-order valence-electron chi connectivity index (χ1n) is 12.6. The number of fused-ring (bicyclic) bond motifs is 2. The smallest absolute Gasteiger partial charge is 0.254 e. The van der Waals surface area contributed by atoms with Gasteiger partial charge < -0.3 is 10.2 Å². The van der Waals surface area contributed by atoms with Crippen LogP contribution in [-0.2, 0) is 11.3 Å². The fourth-order valence-corrected chi connectivity index (χ4v) is 5.10. The van der Waals surface area contributed by atoms with Crippen molar-refractivity contribution in [3.05, 3.63) is 103 Å². The molecule has 0 aliphatic carbocycles. The Kier molecular flexibility index (Phi) is 6.10. The molecule has 0 spiro atoms. The maximum atomic E-state index is 13.4. The zero-order chi connectivity index (χ0) is 25.2. The summed E-state index contributed by atoms with van der Waals surface area (Å²) in [5.41, 5.74) is 3.52. The second-order valence-electron chi connectivity index (χ2n) is 9.46. The number of pyridine rings is 1. The molecule has 1 N–H and O–H groups in total. The monoisotopic (exact) mass is 489 g/mol. The molecular formula is C30H27N5O2. The maximum absolute atomic E-state index is 13.4. The summed E-state index contributed by atoms with van der Waals surface area (Å²) in [4.78, 5) is 37.2. The van der Waals surface area contributed by atoms with Gasteiger partial charge in [-0.25, -0.2) is 9.97 Å². The summed E-state index contributed by atoms with van der Waals surface area (Å²) in [6, 6.07) is 25.5. The van der Waals surface area contributed by atoms with E-state index in [2.05, 4.69) is 15.3 Å². The normalized spacial score (nSPS) is 15.7. The molecule has 0 radical (unpaired) electrons. The Labute approximate surface area is 214 Å². The number of hydrogen-bond acceptors (Lipinski definition) is 4. The lowest BCUT2D eigenvalue weighted by atomic mass is 9.95. The minimum absolute atomic E-state index is 0.0129. The van der Waals surface area contributed by atoms with Gasteiger partial charge in [0, 0.05) is 31.4 Å². The summed E-state index contributed by atoms with van der Waals surface area (Å²) >= 11 is 0. The van der Waals surface area contributed by atoms with E-state index in [1.54, 1.807) is 12.5 Å². The van der Waals surface area contributed by atoms with E-state index in [0.29, 0.717) is 25.2 Å². The minimum Gasteiger partial charge on any atom is -0.352 e. The zero-order valence-electron chi connectivity index (χ0n) is 20.4. The molecule has 184 valence electrons. The molecule has 1 unspecified atom stereocenters. The Morgan fingerprint density at radius 3 is 2.65 bits per heavy atom. The highest BCUT2D eigenvalue weighted by atomic mass is 16.2. The van der Waals surface area contributed by atoms with Crippen molar-refractivity contribution in [3.8, 4) is 5.82 Å². The first-order chi connectivity index (χ1) is 18.2. The SMILES string of the molecule is O=C(NCc1ccc(-n2cnc3ccccc32)nc1)C1CCCN(C(=O)c2cccc3ccccc23)C1. The number of carbonyl (C=O) groups excluding carboxylic acids is 2. The van der Waals surface area contributed by atoms with Crippen molar-refractivity contribution in [1.29, 1.82) is 0 Å². The van der Waals surface area contributed by atoms with E-state index < -0.39 is 0 Å². The van der Waals surface area contributed by atoms with Gasteiger partial charge in [-0.1, -0.05) is 54.6 Å². The van der Waals surface area contributed by atoms with Crippen molar-refractivity contribution < 1.29 is 9.59 Å². The van der Waals surface area contributed by atoms with Gasteiger partial charge in [-0.05, 0) is 53.4 Å². The summed E-state index contributed by atoms with van der Waals surface area (Å²) in [7, 11) is 0. The summed E-state index contributed by atoms with van der Waals surface area (Å²) in [6.45, 7) is 1.49. The van der Waals surface area contributed by atoms with Crippen LogP contribution in [-0.4, -0.2) is 44.3 Å². The highest BCUT2D eigenvalue weighted by Crippen LogP contribution is 2.24. The summed E-state index contributed by atoms with van der Waals surface area (Å²) in [5.74, 6) is 0.511. The molecule has 7 heteroatoms. The highest BCUT2D eigenvalue weighted by Gasteiger charge is 2.29. The number of imidazole rings is 1. The van der Waals surface area contributed by atoms with Gasteiger partial charge in [0.15, 0.2) is 0 Å². The van der Waals surface area contributed by atoms with Crippen molar-refractivity contribution in [2.24, 2.45) is 5.92 Å². The van der Waals surface area contributed by atoms with Crippen molar-refractivity contribution >= 4 is 33.6 Å². The van der Waals surface area contributed by atoms with Gasteiger partial charge in [-0.2, -0.15) is 0 Å². The van der Waals surface area contributed by atoms with Gasteiger partial charge in [0.2, 0.25) is 5.91 Å². The number of likely N-dealkylation sites (tertiary alicyclic amines) is 1. The number of nitrogens with zero attached hydrogens (tertiary/aromatic N) is 4. The van der Waals surface area contributed by atoms with E-state index in [-0.39, 0.29) is 17.7 Å². The zero-order valence-corrected chi connectivity index (χ0v) is 20.4. The van der Waals surface area contributed by atoms with Gasteiger partial charge in [0.25, 0.3) is 5.91 Å². The van der Waals surface area contributed by atoms with Crippen molar-refractivity contribution in [2.75, 3.05) is 13.1 Å². The van der Waals surface area contributed by atoms with Gasteiger partial charge in [0.05, 0.1) is 17.0 Å². The third-order valence-corrected chi connectivity index (χ3v) is 7.08. The molecule has 1 atom stereocenters. The van der Waals surface area contributed by atoms with Gasteiger partial charge >= 0.3 is 0 Å². The summed E-state index contributed by atoms with van der Waals surface area (Å²) in [6.07, 6.45) is 5.13.